The summed E-state index contributed by atoms with van der Waals surface area (Å²) in [6.45, 7) is 0. The van der Waals surface area contributed by atoms with Crippen LogP contribution in [0.15, 0.2) is 12.1 Å². The zero-order valence-electron chi connectivity index (χ0n) is 9.83. The number of hydrogen-bond donors (Lipinski definition) is 1. The van der Waals surface area contributed by atoms with E-state index in [0.717, 1.165) is 5.56 Å². The molecule has 0 amide bonds. The maximum Gasteiger partial charge on any atom is 0.303 e. The number of hydrogen-bond acceptors (Lipinski definition) is 3. The Labute approximate surface area is 105 Å². The summed E-state index contributed by atoms with van der Waals surface area (Å²) in [5.74, 6) is 0.420. The third kappa shape index (κ3) is 3.82. The Bertz CT molecular complexity index is 404. The maximum absolute atomic E-state index is 10.4. The lowest BCUT2D eigenvalue weighted by atomic mass is 10.1. The Balaban J connectivity index is 2.84. The number of rotatable bonds is 6. The first-order valence-corrected chi connectivity index (χ1v) is 5.58. The van der Waals surface area contributed by atoms with Gasteiger partial charge in [0.25, 0.3) is 0 Å². The van der Waals surface area contributed by atoms with Crippen LogP contribution in [-0.2, 0) is 11.2 Å². The van der Waals surface area contributed by atoms with E-state index in [1.807, 2.05) is 0 Å². The first kappa shape index (κ1) is 13.6. The van der Waals surface area contributed by atoms with Crippen LogP contribution in [0.4, 0.5) is 0 Å². The number of aliphatic carboxylic acids is 1. The third-order valence-electron chi connectivity index (χ3n) is 2.39. The number of benzene rings is 1. The monoisotopic (exact) mass is 258 g/mol. The Morgan fingerprint density at radius 1 is 1.29 bits per heavy atom. The normalized spacial score (nSPS) is 10.1. The molecule has 0 saturated carbocycles. The van der Waals surface area contributed by atoms with E-state index in [-0.39, 0.29) is 6.42 Å². The van der Waals surface area contributed by atoms with Gasteiger partial charge in [-0.1, -0.05) is 11.6 Å². The van der Waals surface area contributed by atoms with Gasteiger partial charge < -0.3 is 14.6 Å². The Morgan fingerprint density at radius 2 is 1.94 bits per heavy atom. The van der Waals surface area contributed by atoms with Gasteiger partial charge in [-0.25, -0.2) is 0 Å². The fraction of sp³-hybridized carbons (Fsp3) is 0.417. The lowest BCUT2D eigenvalue weighted by Gasteiger charge is -2.11. The zero-order chi connectivity index (χ0) is 12.8. The average molecular weight is 259 g/mol. The molecule has 0 aliphatic carbocycles. The molecule has 94 valence electrons. The molecule has 1 aromatic carbocycles. The standard InChI is InChI=1S/C12H15ClO4/c1-16-10-7-9(13)11(17-2)6-8(10)4-3-5-12(14)15/h6-7H,3-5H2,1-2H3,(H,14,15). The van der Waals surface area contributed by atoms with Crippen molar-refractivity contribution in [3.05, 3.63) is 22.7 Å². The van der Waals surface area contributed by atoms with E-state index in [4.69, 9.17) is 26.2 Å². The molecular weight excluding hydrogens is 244 g/mol. The topological polar surface area (TPSA) is 55.8 Å². The molecule has 0 spiro atoms. The van der Waals surface area contributed by atoms with Gasteiger partial charge in [-0.3, -0.25) is 4.79 Å². The van der Waals surface area contributed by atoms with Crippen LogP contribution in [0.25, 0.3) is 0 Å². The second kappa shape index (κ2) is 6.35. The molecule has 0 aromatic heterocycles. The minimum absolute atomic E-state index is 0.133. The summed E-state index contributed by atoms with van der Waals surface area (Å²) in [7, 11) is 3.09. The second-order valence-corrected chi connectivity index (χ2v) is 3.95. The van der Waals surface area contributed by atoms with Crippen molar-refractivity contribution in [2.75, 3.05) is 14.2 Å². The smallest absolute Gasteiger partial charge is 0.303 e. The highest BCUT2D eigenvalue weighted by atomic mass is 35.5. The molecule has 0 atom stereocenters. The summed E-state index contributed by atoms with van der Waals surface area (Å²) in [5, 5.41) is 9.06. The lowest BCUT2D eigenvalue weighted by molar-refractivity contribution is -0.137. The minimum Gasteiger partial charge on any atom is -0.496 e. The van der Waals surface area contributed by atoms with Crippen molar-refractivity contribution in [3.8, 4) is 11.5 Å². The predicted molar refractivity (Wildman–Crippen MR) is 65.1 cm³/mol. The van der Waals surface area contributed by atoms with Gasteiger partial charge in [0.05, 0.1) is 19.2 Å². The molecule has 0 heterocycles. The molecule has 5 heteroatoms. The second-order valence-electron chi connectivity index (χ2n) is 3.55. The van der Waals surface area contributed by atoms with Gasteiger partial charge in [0.2, 0.25) is 0 Å². The van der Waals surface area contributed by atoms with E-state index in [2.05, 4.69) is 0 Å². The summed E-state index contributed by atoms with van der Waals surface area (Å²) in [6, 6.07) is 3.46. The number of carboxylic acid groups (broad SMARTS) is 1. The van der Waals surface area contributed by atoms with Crippen molar-refractivity contribution >= 4 is 17.6 Å². The van der Waals surface area contributed by atoms with E-state index in [9.17, 15) is 4.79 Å². The maximum atomic E-state index is 10.4. The van der Waals surface area contributed by atoms with Gasteiger partial charge in [-0.2, -0.15) is 0 Å². The number of carboxylic acids is 1. The third-order valence-corrected chi connectivity index (χ3v) is 2.69. The highest BCUT2D eigenvalue weighted by Gasteiger charge is 2.10. The van der Waals surface area contributed by atoms with E-state index >= 15 is 0 Å². The molecular formula is C12H15ClO4. The number of carbonyl (C=O) groups is 1. The fourth-order valence-electron chi connectivity index (χ4n) is 1.55. The van der Waals surface area contributed by atoms with Crippen LogP contribution in [0.2, 0.25) is 5.02 Å². The number of methoxy groups -OCH3 is 2. The molecule has 0 aliphatic rings. The van der Waals surface area contributed by atoms with Crippen molar-refractivity contribution in [1.29, 1.82) is 0 Å². The first-order chi connectivity index (χ1) is 8.08. The Kier molecular flexibility index (Phi) is 5.10. The molecule has 0 aliphatic heterocycles. The quantitative estimate of drug-likeness (QED) is 0.852. The molecule has 1 rings (SSSR count). The number of halogens is 1. The van der Waals surface area contributed by atoms with Crippen LogP contribution in [0.3, 0.4) is 0 Å². The zero-order valence-corrected chi connectivity index (χ0v) is 10.6. The van der Waals surface area contributed by atoms with Gasteiger partial charge in [-0.15, -0.1) is 0 Å². The minimum atomic E-state index is -0.801. The molecule has 1 aromatic rings. The van der Waals surface area contributed by atoms with Crippen molar-refractivity contribution in [3.63, 3.8) is 0 Å². The predicted octanol–water partition coefficient (Wildman–Crippen LogP) is 2.76. The van der Waals surface area contributed by atoms with E-state index in [1.165, 1.54) is 7.11 Å². The number of aryl methyl sites for hydroxylation is 1. The van der Waals surface area contributed by atoms with Gasteiger partial charge in [0.15, 0.2) is 0 Å². The summed E-state index contributed by atoms with van der Waals surface area (Å²) in [4.78, 5) is 10.4. The van der Waals surface area contributed by atoms with Gasteiger partial charge in [-0.05, 0) is 24.5 Å². The van der Waals surface area contributed by atoms with Crippen molar-refractivity contribution < 1.29 is 19.4 Å². The Morgan fingerprint density at radius 3 is 2.47 bits per heavy atom. The van der Waals surface area contributed by atoms with Crippen molar-refractivity contribution in [2.45, 2.75) is 19.3 Å². The molecule has 0 fully saturated rings. The average Bonchev–Trinajstić information content (AvgIpc) is 2.30. The molecule has 0 unspecified atom stereocenters. The van der Waals surface area contributed by atoms with E-state index in [1.54, 1.807) is 19.2 Å². The molecule has 4 nitrogen and oxygen atoms in total. The van der Waals surface area contributed by atoms with Gasteiger partial charge >= 0.3 is 5.97 Å². The van der Waals surface area contributed by atoms with Gasteiger partial charge in [0.1, 0.15) is 11.5 Å². The molecule has 0 bridgehead atoms. The van der Waals surface area contributed by atoms with Crippen LogP contribution in [0, 0.1) is 0 Å². The summed E-state index contributed by atoms with van der Waals surface area (Å²) < 4.78 is 10.3. The van der Waals surface area contributed by atoms with Crippen LogP contribution >= 0.6 is 11.6 Å². The summed E-state index contributed by atoms with van der Waals surface area (Å²) in [6.07, 6.45) is 1.30. The van der Waals surface area contributed by atoms with Crippen molar-refractivity contribution in [1.82, 2.24) is 0 Å². The fourth-order valence-corrected chi connectivity index (χ4v) is 1.78. The molecule has 0 radical (unpaired) electrons. The summed E-state index contributed by atoms with van der Waals surface area (Å²) in [5.41, 5.74) is 0.898. The highest BCUT2D eigenvalue weighted by molar-refractivity contribution is 6.32. The molecule has 1 N–H and O–H groups in total. The van der Waals surface area contributed by atoms with Gasteiger partial charge in [0, 0.05) is 12.5 Å². The van der Waals surface area contributed by atoms with Crippen LogP contribution in [0.5, 0.6) is 11.5 Å². The van der Waals surface area contributed by atoms with Crippen LogP contribution in [0.1, 0.15) is 18.4 Å². The number of ether oxygens (including phenoxy) is 2. The Hall–Kier alpha value is -1.42. The lowest BCUT2D eigenvalue weighted by Crippen LogP contribution is -1.98. The molecule has 17 heavy (non-hydrogen) atoms. The first-order valence-electron chi connectivity index (χ1n) is 5.20. The van der Waals surface area contributed by atoms with Crippen molar-refractivity contribution in [2.24, 2.45) is 0 Å². The highest BCUT2D eigenvalue weighted by Crippen LogP contribution is 2.33. The van der Waals surface area contributed by atoms with Crippen LogP contribution < -0.4 is 9.47 Å². The van der Waals surface area contributed by atoms with E-state index < -0.39 is 5.97 Å². The van der Waals surface area contributed by atoms with E-state index in [0.29, 0.717) is 29.4 Å². The summed E-state index contributed by atoms with van der Waals surface area (Å²) >= 11 is 5.97. The molecule has 0 saturated heterocycles. The largest absolute Gasteiger partial charge is 0.496 e. The SMILES string of the molecule is COc1cc(CCCC(=O)O)c(OC)cc1Cl. The van der Waals surface area contributed by atoms with Crippen LogP contribution in [-0.4, -0.2) is 25.3 Å².